The third-order valence-corrected chi connectivity index (χ3v) is 3.47. The summed E-state index contributed by atoms with van der Waals surface area (Å²) in [5.74, 6) is 2.36. The number of methoxy groups -OCH3 is 1. The van der Waals surface area contributed by atoms with Gasteiger partial charge in [-0.2, -0.15) is 0 Å². The average molecular weight is 240 g/mol. The molecule has 1 heterocycles. The van der Waals surface area contributed by atoms with Gasteiger partial charge in [-0.15, -0.1) is 0 Å². The van der Waals surface area contributed by atoms with Crippen molar-refractivity contribution in [1.29, 1.82) is 0 Å². The van der Waals surface area contributed by atoms with E-state index in [1.54, 1.807) is 7.11 Å². The van der Waals surface area contributed by atoms with Gasteiger partial charge in [0.15, 0.2) is 0 Å². The van der Waals surface area contributed by atoms with E-state index in [1.165, 1.54) is 11.1 Å². The minimum Gasteiger partial charge on any atom is -0.497 e. The summed E-state index contributed by atoms with van der Waals surface area (Å²) in [6.07, 6.45) is 1.04. The van der Waals surface area contributed by atoms with E-state index in [0.717, 1.165) is 24.5 Å². The second-order valence-electron chi connectivity index (χ2n) is 4.59. The highest BCUT2D eigenvalue weighted by molar-refractivity contribution is 5.38. The molecule has 0 amide bonds. The van der Waals surface area contributed by atoms with Gasteiger partial charge in [-0.05, 0) is 35.7 Å². The Morgan fingerprint density at radius 1 is 1.06 bits per heavy atom. The first-order chi connectivity index (χ1) is 8.86. The lowest BCUT2D eigenvalue weighted by Gasteiger charge is -2.25. The molecule has 0 bridgehead atoms. The maximum absolute atomic E-state index is 5.82. The molecule has 92 valence electrons. The largest absolute Gasteiger partial charge is 0.497 e. The van der Waals surface area contributed by atoms with Crippen molar-refractivity contribution in [3.63, 3.8) is 0 Å². The lowest BCUT2D eigenvalue weighted by Crippen LogP contribution is -2.18. The highest BCUT2D eigenvalue weighted by Gasteiger charge is 2.20. The summed E-state index contributed by atoms with van der Waals surface area (Å²) in [6.45, 7) is 0.753. The minimum absolute atomic E-state index is 0.436. The van der Waals surface area contributed by atoms with E-state index in [9.17, 15) is 0 Å². The molecular formula is C16H16O2. The predicted molar refractivity (Wildman–Crippen MR) is 71.4 cm³/mol. The van der Waals surface area contributed by atoms with E-state index in [-0.39, 0.29) is 0 Å². The fraction of sp³-hybridized carbons (Fsp3) is 0.250. The van der Waals surface area contributed by atoms with Crippen molar-refractivity contribution >= 4 is 0 Å². The van der Waals surface area contributed by atoms with Crippen LogP contribution in [0, 0.1) is 0 Å². The number of hydrogen-bond acceptors (Lipinski definition) is 2. The Morgan fingerprint density at radius 2 is 1.83 bits per heavy atom. The van der Waals surface area contributed by atoms with Gasteiger partial charge in [-0.1, -0.05) is 30.3 Å². The van der Waals surface area contributed by atoms with Crippen LogP contribution in [-0.4, -0.2) is 13.7 Å². The van der Waals surface area contributed by atoms with Crippen molar-refractivity contribution in [1.82, 2.24) is 0 Å². The third-order valence-electron chi connectivity index (χ3n) is 3.47. The normalized spacial score (nSPS) is 17.7. The SMILES string of the molecule is COc1ccc(C2COc3ccccc3C2)cc1. The van der Waals surface area contributed by atoms with Crippen molar-refractivity contribution < 1.29 is 9.47 Å². The first-order valence-corrected chi connectivity index (χ1v) is 6.21. The summed E-state index contributed by atoms with van der Waals surface area (Å²) in [7, 11) is 1.69. The number of hydrogen-bond donors (Lipinski definition) is 0. The molecule has 1 unspecified atom stereocenters. The first-order valence-electron chi connectivity index (χ1n) is 6.21. The van der Waals surface area contributed by atoms with Crippen LogP contribution in [0.2, 0.25) is 0 Å². The molecule has 0 spiro atoms. The van der Waals surface area contributed by atoms with Crippen LogP contribution in [-0.2, 0) is 6.42 Å². The van der Waals surface area contributed by atoms with Gasteiger partial charge >= 0.3 is 0 Å². The predicted octanol–water partition coefficient (Wildman–Crippen LogP) is 3.41. The van der Waals surface area contributed by atoms with Crippen LogP contribution in [0.3, 0.4) is 0 Å². The van der Waals surface area contributed by atoms with Gasteiger partial charge in [0.2, 0.25) is 0 Å². The lowest BCUT2D eigenvalue weighted by atomic mass is 9.90. The Morgan fingerprint density at radius 3 is 2.61 bits per heavy atom. The van der Waals surface area contributed by atoms with Gasteiger partial charge in [0.25, 0.3) is 0 Å². The molecule has 0 saturated heterocycles. The Hall–Kier alpha value is -1.96. The summed E-state index contributed by atoms with van der Waals surface area (Å²) in [5.41, 5.74) is 2.61. The van der Waals surface area contributed by atoms with Crippen LogP contribution in [0.15, 0.2) is 48.5 Å². The van der Waals surface area contributed by atoms with Crippen molar-refractivity contribution in [2.45, 2.75) is 12.3 Å². The lowest BCUT2D eigenvalue weighted by molar-refractivity contribution is 0.262. The van der Waals surface area contributed by atoms with Crippen LogP contribution in [0.4, 0.5) is 0 Å². The second kappa shape index (κ2) is 4.73. The van der Waals surface area contributed by atoms with Gasteiger partial charge in [0, 0.05) is 5.92 Å². The fourth-order valence-corrected chi connectivity index (χ4v) is 2.42. The van der Waals surface area contributed by atoms with E-state index in [4.69, 9.17) is 9.47 Å². The molecule has 0 radical (unpaired) electrons. The Labute approximate surface area is 107 Å². The zero-order valence-electron chi connectivity index (χ0n) is 10.4. The maximum atomic E-state index is 5.82. The number of fused-ring (bicyclic) bond motifs is 1. The van der Waals surface area contributed by atoms with Crippen LogP contribution in [0.25, 0.3) is 0 Å². The molecule has 2 nitrogen and oxygen atoms in total. The summed E-state index contributed by atoms with van der Waals surface area (Å²) >= 11 is 0. The minimum atomic E-state index is 0.436. The summed E-state index contributed by atoms with van der Waals surface area (Å²) in [4.78, 5) is 0. The van der Waals surface area contributed by atoms with Crippen molar-refractivity contribution in [2.24, 2.45) is 0 Å². The quantitative estimate of drug-likeness (QED) is 0.800. The molecule has 1 aliphatic heterocycles. The molecule has 0 aliphatic carbocycles. The number of rotatable bonds is 2. The second-order valence-corrected chi connectivity index (χ2v) is 4.59. The van der Waals surface area contributed by atoms with Gasteiger partial charge in [-0.3, -0.25) is 0 Å². The van der Waals surface area contributed by atoms with Gasteiger partial charge in [0.1, 0.15) is 11.5 Å². The fourth-order valence-electron chi connectivity index (χ4n) is 2.42. The molecule has 1 aliphatic rings. The zero-order chi connectivity index (χ0) is 12.4. The number of benzene rings is 2. The molecule has 2 heteroatoms. The monoisotopic (exact) mass is 240 g/mol. The maximum Gasteiger partial charge on any atom is 0.122 e. The van der Waals surface area contributed by atoms with Gasteiger partial charge in [-0.25, -0.2) is 0 Å². The Kier molecular flexibility index (Phi) is 2.93. The van der Waals surface area contributed by atoms with E-state index in [0.29, 0.717) is 5.92 Å². The molecule has 0 N–H and O–H groups in total. The van der Waals surface area contributed by atoms with E-state index in [2.05, 4.69) is 24.3 Å². The Balaban J connectivity index is 1.82. The first kappa shape index (κ1) is 11.1. The van der Waals surface area contributed by atoms with Crippen molar-refractivity contribution in [3.05, 3.63) is 59.7 Å². The van der Waals surface area contributed by atoms with E-state index < -0.39 is 0 Å². The molecule has 0 saturated carbocycles. The van der Waals surface area contributed by atoms with Gasteiger partial charge < -0.3 is 9.47 Å². The standard InChI is InChI=1S/C16H16O2/c1-17-15-8-6-12(7-9-15)14-10-13-4-2-3-5-16(13)18-11-14/h2-9,14H,10-11H2,1H3. The van der Waals surface area contributed by atoms with Crippen molar-refractivity contribution in [2.75, 3.05) is 13.7 Å². The van der Waals surface area contributed by atoms with Crippen LogP contribution in [0.1, 0.15) is 17.0 Å². The molecular weight excluding hydrogens is 224 g/mol. The summed E-state index contributed by atoms with van der Waals surface area (Å²) < 4.78 is 11.0. The molecule has 0 aromatic heterocycles. The molecule has 0 fully saturated rings. The Bertz CT molecular complexity index is 531. The highest BCUT2D eigenvalue weighted by Crippen LogP contribution is 2.32. The zero-order valence-corrected chi connectivity index (χ0v) is 10.4. The van der Waals surface area contributed by atoms with Crippen molar-refractivity contribution in [3.8, 4) is 11.5 Å². The van der Waals surface area contributed by atoms with E-state index >= 15 is 0 Å². The molecule has 2 aromatic carbocycles. The molecule has 1 atom stereocenters. The number of para-hydroxylation sites is 1. The average Bonchev–Trinajstić information content (AvgIpc) is 2.47. The number of ether oxygens (including phenoxy) is 2. The highest BCUT2D eigenvalue weighted by atomic mass is 16.5. The third kappa shape index (κ3) is 2.06. The summed E-state index contributed by atoms with van der Waals surface area (Å²) in [5, 5.41) is 0. The smallest absolute Gasteiger partial charge is 0.122 e. The molecule has 3 rings (SSSR count). The topological polar surface area (TPSA) is 18.5 Å². The summed E-state index contributed by atoms with van der Waals surface area (Å²) in [6, 6.07) is 16.5. The van der Waals surface area contributed by atoms with E-state index in [1.807, 2.05) is 24.3 Å². The van der Waals surface area contributed by atoms with Crippen LogP contribution < -0.4 is 9.47 Å². The van der Waals surface area contributed by atoms with Crippen LogP contribution in [0.5, 0.6) is 11.5 Å². The molecule has 2 aromatic rings. The van der Waals surface area contributed by atoms with Crippen LogP contribution >= 0.6 is 0 Å². The molecule has 18 heavy (non-hydrogen) atoms. The van der Waals surface area contributed by atoms with Gasteiger partial charge in [0.05, 0.1) is 13.7 Å².